The largest absolute Gasteiger partial charge is 0.374 e. The van der Waals surface area contributed by atoms with Crippen LogP contribution >= 0.6 is 0 Å². The van der Waals surface area contributed by atoms with Gasteiger partial charge >= 0.3 is 0 Å². The molecule has 0 heterocycles. The first-order valence-corrected chi connectivity index (χ1v) is 6.39. The van der Waals surface area contributed by atoms with Crippen molar-refractivity contribution in [1.82, 2.24) is 5.43 Å². The first-order valence-electron chi connectivity index (χ1n) is 6.39. The van der Waals surface area contributed by atoms with Gasteiger partial charge in [-0.15, -0.1) is 0 Å². The molecule has 2 unspecified atom stereocenters. The number of rotatable bonds is 7. The molecule has 0 aromatic carbocycles. The van der Waals surface area contributed by atoms with Gasteiger partial charge in [0.15, 0.2) is 0 Å². The van der Waals surface area contributed by atoms with Crippen LogP contribution < -0.4 is 11.3 Å². The molecule has 0 bridgehead atoms. The SMILES string of the molecule is CCOC(C)(CC)C(CCC(C)(C)C)NN. The van der Waals surface area contributed by atoms with Gasteiger partial charge in [-0.25, -0.2) is 0 Å². The van der Waals surface area contributed by atoms with Gasteiger partial charge in [-0.05, 0) is 38.5 Å². The molecule has 3 N–H and O–H groups in total. The predicted molar refractivity (Wildman–Crippen MR) is 70.1 cm³/mol. The standard InChI is InChI=1S/C13H30N2O/c1-7-13(6,16-8-2)11(15-14)9-10-12(3,4)5/h11,15H,7-10,14H2,1-6H3. The van der Waals surface area contributed by atoms with Crippen molar-refractivity contribution in [2.45, 2.75) is 72.4 Å². The lowest BCUT2D eigenvalue weighted by molar-refractivity contribution is -0.0588. The Hall–Kier alpha value is -0.120. The summed E-state index contributed by atoms with van der Waals surface area (Å²) in [7, 11) is 0. The van der Waals surface area contributed by atoms with Gasteiger partial charge in [0, 0.05) is 12.6 Å². The Kier molecular flexibility index (Phi) is 6.53. The molecule has 0 aliphatic rings. The molecule has 3 heteroatoms. The molecule has 0 aliphatic carbocycles. The van der Waals surface area contributed by atoms with Crippen LogP contribution in [0.3, 0.4) is 0 Å². The van der Waals surface area contributed by atoms with Crippen LogP contribution in [0, 0.1) is 5.41 Å². The number of ether oxygens (including phenoxy) is 1. The van der Waals surface area contributed by atoms with E-state index in [-0.39, 0.29) is 11.6 Å². The lowest BCUT2D eigenvalue weighted by atomic mass is 9.83. The molecule has 0 amide bonds. The Morgan fingerprint density at radius 1 is 1.19 bits per heavy atom. The van der Waals surface area contributed by atoms with E-state index >= 15 is 0 Å². The average Bonchev–Trinajstić information content (AvgIpc) is 2.17. The van der Waals surface area contributed by atoms with Crippen LogP contribution in [0.4, 0.5) is 0 Å². The fraction of sp³-hybridized carbons (Fsp3) is 1.00. The summed E-state index contributed by atoms with van der Waals surface area (Å²) < 4.78 is 5.85. The van der Waals surface area contributed by atoms with Crippen LogP contribution in [-0.2, 0) is 4.74 Å². The smallest absolute Gasteiger partial charge is 0.0817 e. The zero-order valence-corrected chi connectivity index (χ0v) is 11.9. The van der Waals surface area contributed by atoms with E-state index in [1.807, 2.05) is 6.92 Å². The topological polar surface area (TPSA) is 47.3 Å². The van der Waals surface area contributed by atoms with E-state index in [1.54, 1.807) is 0 Å². The van der Waals surface area contributed by atoms with Gasteiger partial charge in [0.1, 0.15) is 0 Å². The second-order valence-corrected chi connectivity index (χ2v) is 5.92. The predicted octanol–water partition coefficient (Wildman–Crippen LogP) is 2.85. The summed E-state index contributed by atoms with van der Waals surface area (Å²) in [6.45, 7) is 13.8. The van der Waals surface area contributed by atoms with E-state index in [1.165, 1.54) is 0 Å². The highest BCUT2D eigenvalue weighted by atomic mass is 16.5. The Bertz CT molecular complexity index is 189. The molecule has 0 saturated carbocycles. The minimum Gasteiger partial charge on any atom is -0.374 e. The van der Waals surface area contributed by atoms with Crippen molar-refractivity contribution in [2.75, 3.05) is 6.61 Å². The van der Waals surface area contributed by atoms with Crippen molar-refractivity contribution in [1.29, 1.82) is 0 Å². The molecule has 0 spiro atoms. The number of nitrogens with two attached hydrogens (primary N) is 1. The Labute approximate surface area is 101 Å². The number of hydrogen-bond acceptors (Lipinski definition) is 3. The summed E-state index contributed by atoms with van der Waals surface area (Å²) in [5, 5.41) is 0. The first-order chi connectivity index (χ1) is 7.29. The summed E-state index contributed by atoms with van der Waals surface area (Å²) in [6.07, 6.45) is 3.16. The molecule has 0 radical (unpaired) electrons. The van der Waals surface area contributed by atoms with Crippen molar-refractivity contribution in [3.05, 3.63) is 0 Å². The van der Waals surface area contributed by atoms with Crippen molar-refractivity contribution in [2.24, 2.45) is 11.3 Å². The van der Waals surface area contributed by atoms with Crippen LogP contribution in [0.25, 0.3) is 0 Å². The van der Waals surface area contributed by atoms with E-state index in [2.05, 4.69) is 40.0 Å². The molecule has 2 atom stereocenters. The van der Waals surface area contributed by atoms with Gasteiger partial charge in [-0.1, -0.05) is 27.7 Å². The summed E-state index contributed by atoms with van der Waals surface area (Å²) >= 11 is 0. The Balaban J connectivity index is 4.44. The fourth-order valence-electron chi connectivity index (χ4n) is 1.92. The van der Waals surface area contributed by atoms with E-state index in [0.717, 1.165) is 25.9 Å². The van der Waals surface area contributed by atoms with Gasteiger partial charge in [0.05, 0.1) is 5.60 Å². The number of nitrogens with one attached hydrogen (secondary N) is 1. The second kappa shape index (κ2) is 6.58. The maximum Gasteiger partial charge on any atom is 0.0817 e. The Morgan fingerprint density at radius 3 is 2.06 bits per heavy atom. The van der Waals surface area contributed by atoms with Crippen molar-refractivity contribution in [3.63, 3.8) is 0 Å². The van der Waals surface area contributed by atoms with Crippen molar-refractivity contribution < 1.29 is 4.74 Å². The van der Waals surface area contributed by atoms with Crippen LogP contribution in [0.2, 0.25) is 0 Å². The maximum atomic E-state index is 5.85. The normalized spacial score (nSPS) is 18.2. The molecular weight excluding hydrogens is 200 g/mol. The van der Waals surface area contributed by atoms with Crippen LogP contribution in [-0.4, -0.2) is 18.2 Å². The molecular formula is C13H30N2O. The number of hydrazine groups is 1. The highest BCUT2D eigenvalue weighted by Gasteiger charge is 2.33. The molecule has 0 aromatic heterocycles. The van der Waals surface area contributed by atoms with Crippen LogP contribution in [0.1, 0.15) is 60.8 Å². The summed E-state index contributed by atoms with van der Waals surface area (Å²) in [4.78, 5) is 0. The number of hydrogen-bond donors (Lipinski definition) is 2. The Morgan fingerprint density at radius 2 is 1.75 bits per heavy atom. The van der Waals surface area contributed by atoms with E-state index < -0.39 is 0 Å². The molecule has 0 aromatic rings. The highest BCUT2D eigenvalue weighted by Crippen LogP contribution is 2.28. The molecule has 16 heavy (non-hydrogen) atoms. The second-order valence-electron chi connectivity index (χ2n) is 5.92. The fourth-order valence-corrected chi connectivity index (χ4v) is 1.92. The van der Waals surface area contributed by atoms with E-state index in [9.17, 15) is 0 Å². The maximum absolute atomic E-state index is 5.85. The van der Waals surface area contributed by atoms with Gasteiger partial charge in [-0.3, -0.25) is 11.3 Å². The van der Waals surface area contributed by atoms with Crippen molar-refractivity contribution in [3.8, 4) is 0 Å². The molecule has 98 valence electrons. The third-order valence-corrected chi connectivity index (χ3v) is 3.30. The molecule has 0 fully saturated rings. The van der Waals surface area contributed by atoms with Crippen LogP contribution in [0.5, 0.6) is 0 Å². The summed E-state index contributed by atoms with van der Waals surface area (Å²) in [6, 6.07) is 0.219. The zero-order chi connectivity index (χ0) is 12.8. The average molecular weight is 230 g/mol. The van der Waals surface area contributed by atoms with E-state index in [4.69, 9.17) is 10.6 Å². The third kappa shape index (κ3) is 5.28. The zero-order valence-electron chi connectivity index (χ0n) is 11.9. The minimum absolute atomic E-state index is 0.158. The molecule has 0 saturated heterocycles. The minimum atomic E-state index is -0.158. The molecule has 3 nitrogen and oxygen atoms in total. The molecule has 0 aliphatic heterocycles. The van der Waals surface area contributed by atoms with E-state index in [0.29, 0.717) is 5.41 Å². The lowest BCUT2D eigenvalue weighted by Crippen LogP contribution is -2.53. The lowest BCUT2D eigenvalue weighted by Gasteiger charge is -2.37. The van der Waals surface area contributed by atoms with Gasteiger partial charge < -0.3 is 4.74 Å². The van der Waals surface area contributed by atoms with Crippen molar-refractivity contribution >= 4 is 0 Å². The van der Waals surface area contributed by atoms with Crippen LogP contribution in [0.15, 0.2) is 0 Å². The van der Waals surface area contributed by atoms with Gasteiger partial charge in [-0.2, -0.15) is 0 Å². The first kappa shape index (κ1) is 15.9. The summed E-state index contributed by atoms with van der Waals surface area (Å²) in [5.41, 5.74) is 3.11. The molecule has 0 rings (SSSR count). The monoisotopic (exact) mass is 230 g/mol. The quantitative estimate of drug-likeness (QED) is 0.522. The highest BCUT2D eigenvalue weighted by molar-refractivity contribution is 4.88. The van der Waals surface area contributed by atoms with Gasteiger partial charge in [0.25, 0.3) is 0 Å². The summed E-state index contributed by atoms with van der Waals surface area (Å²) in [5.74, 6) is 5.66. The third-order valence-electron chi connectivity index (χ3n) is 3.30. The van der Waals surface area contributed by atoms with Gasteiger partial charge in [0.2, 0.25) is 0 Å².